The average molecular weight is 1570 g/mol. The van der Waals surface area contributed by atoms with Crippen LogP contribution in [0.25, 0.3) is 0 Å². The van der Waals surface area contributed by atoms with E-state index in [0.29, 0.717) is 53.5 Å². The monoisotopic (exact) mass is 1570 g/mol. The molecule has 45 heteroatoms. The lowest BCUT2D eigenvalue weighted by Crippen LogP contribution is -2.47. The van der Waals surface area contributed by atoms with Crippen molar-refractivity contribution in [3.63, 3.8) is 0 Å². The molecule has 6 aromatic rings. The van der Waals surface area contributed by atoms with Gasteiger partial charge in [-0.25, -0.2) is 27.6 Å². The predicted octanol–water partition coefficient (Wildman–Crippen LogP) is 6.89. The molecule has 0 spiro atoms. The van der Waals surface area contributed by atoms with Crippen LogP contribution in [0.5, 0.6) is 29.0 Å². The number of halogens is 7. The van der Waals surface area contributed by atoms with Gasteiger partial charge >= 0.3 is 18.2 Å². The molecular weight excluding hydrogens is 1500 g/mol. The summed E-state index contributed by atoms with van der Waals surface area (Å²) in [5.74, 6) is -2.15. The number of pyridine rings is 1. The molecule has 0 fully saturated rings. The Morgan fingerprint density at radius 1 is 0.880 bits per heavy atom. The number of aromatic nitrogens is 6. The maximum Gasteiger partial charge on any atom is 0.416 e. The Kier molecular flexibility index (Phi) is 35.7. The number of alkyl halides is 5. The smallest absolute Gasteiger partial charge is 0.416 e. The molecule has 0 radical (unpaired) electrons. The summed E-state index contributed by atoms with van der Waals surface area (Å²) in [7, 11) is -6.56. The van der Waals surface area contributed by atoms with Crippen LogP contribution in [-0.4, -0.2) is 193 Å². The number of carboxylic acids is 1. The lowest BCUT2D eigenvalue weighted by atomic mass is 10.1. The molecule has 1 aliphatic rings. The van der Waals surface area contributed by atoms with E-state index in [1.807, 2.05) is 57.3 Å². The number of nitro groups is 1. The standard InChI is InChI=1S/C15H10ClF3N2O6S.C15H18N6O6S.C11H11Cl2NO2.C8H14ClN5.C3H8NO5P.C3H9S/c1-28(25,26)20-14(22)10-7-9(3-4-12(10)21(23)24)27-13-5-2-8(6-11(13)16)15(17,18)19;1-21(2)13(22)9-6-5-7-16-12(9)28(24,25)20-15(23)19-14-17-10(26-3)8-11(18-14)27-4;1-7-6-16-9-5-3-2-4-8(9)14(7)11(15)10(12)13;1-4-10-7-12-6(9)13-8(14-7)11-5(2)3;5-3(6)1-4-2-10(7,8)9;1-4(2)3/h2-7H,1H3,(H,20,22);5-8H,1-4H3,(H2,17,18,19,20,23);2-5,7,10H,6H2,1H3;5H,4H2,1-3H3,(H2,10,11,12,13,14);4H,1-2H2,(H,5,6)(H2,7,8,9);1-3H3/q;;;;;+1/p-1. The van der Waals surface area contributed by atoms with E-state index < -0.39 is 107 Å². The quantitative estimate of drug-likeness (QED) is 0.0127. The van der Waals surface area contributed by atoms with Gasteiger partial charge in [0.05, 0.1) is 90.9 Å². The number of carbonyl (C=O) groups is 5. The van der Waals surface area contributed by atoms with E-state index in [9.17, 15) is 73.6 Å². The Morgan fingerprint density at radius 2 is 1.48 bits per heavy atom. The van der Waals surface area contributed by atoms with Crippen LogP contribution in [0.4, 0.5) is 47.2 Å². The fourth-order valence-electron chi connectivity index (χ4n) is 6.96. The summed E-state index contributed by atoms with van der Waals surface area (Å²) >= 11 is 22.7. The van der Waals surface area contributed by atoms with E-state index in [-0.39, 0.29) is 58.0 Å². The van der Waals surface area contributed by atoms with Crippen molar-refractivity contribution in [1.82, 2.24) is 49.6 Å². The van der Waals surface area contributed by atoms with Crippen LogP contribution < -0.4 is 59.5 Å². The number of para-hydroxylation sites is 2. The zero-order valence-electron chi connectivity index (χ0n) is 54.8. The molecule has 100 heavy (non-hydrogen) atoms. The van der Waals surface area contributed by atoms with Crippen molar-refractivity contribution >= 4 is 144 Å². The summed E-state index contributed by atoms with van der Waals surface area (Å²) in [6, 6.07) is 15.5. The van der Waals surface area contributed by atoms with Gasteiger partial charge in [-0.3, -0.25) is 39.9 Å². The molecule has 0 aliphatic carbocycles. The van der Waals surface area contributed by atoms with Crippen molar-refractivity contribution < 1.29 is 97.3 Å². The summed E-state index contributed by atoms with van der Waals surface area (Å²) in [6.45, 7) is 8.59. The minimum absolute atomic E-state index is 0.0672. The maximum absolute atomic E-state index is 12.7. The Labute approximate surface area is 594 Å². The number of sulfonamides is 2. The average Bonchev–Trinajstić information content (AvgIpc) is 0.807. The van der Waals surface area contributed by atoms with Crippen molar-refractivity contribution in [2.24, 2.45) is 0 Å². The lowest BCUT2D eigenvalue weighted by molar-refractivity contribution is -0.385. The van der Waals surface area contributed by atoms with Crippen molar-refractivity contribution in [2.75, 3.05) is 100 Å². The molecule has 4 heterocycles. The number of urea groups is 1. The van der Waals surface area contributed by atoms with Crippen molar-refractivity contribution in [2.45, 2.75) is 55.8 Å². The van der Waals surface area contributed by atoms with Crippen LogP contribution in [0.15, 0.2) is 90.1 Å². The van der Waals surface area contributed by atoms with Gasteiger partial charge in [-0.15, -0.1) is 0 Å². The molecule has 8 N–H and O–H groups in total. The second-order valence-corrected chi connectivity index (χ2v) is 29.6. The Morgan fingerprint density at radius 3 is 1.99 bits per heavy atom. The second-order valence-electron chi connectivity index (χ2n) is 20.3. The van der Waals surface area contributed by atoms with E-state index >= 15 is 0 Å². The molecular formula is C55H69Cl4F3N15O19PS3. The first-order valence-electron chi connectivity index (χ1n) is 27.8. The lowest BCUT2D eigenvalue weighted by Gasteiger charge is -2.35. The zero-order valence-corrected chi connectivity index (χ0v) is 61.2. The number of benzene rings is 3. The molecule has 7 rings (SSSR count). The first kappa shape index (κ1) is 87.6. The minimum atomic E-state index is -4.62. The first-order chi connectivity index (χ1) is 46.3. The molecule has 550 valence electrons. The molecule has 1 aliphatic heterocycles. The number of rotatable bonds is 20. The number of nitrogens with zero attached hydrogens (tertiary/aromatic N) is 9. The van der Waals surface area contributed by atoms with E-state index in [2.05, 4.69) is 64.6 Å². The largest absolute Gasteiger partial charge is 0.778 e. The number of nitro benzene ring substituents is 1. The van der Waals surface area contributed by atoms with Gasteiger partial charge in [0, 0.05) is 45.0 Å². The normalized spacial score (nSPS) is 12.8. The number of carboxylic acid groups (broad SMARTS) is 1. The highest BCUT2D eigenvalue weighted by molar-refractivity contribution is 7.94. The molecule has 2 unspecified atom stereocenters. The van der Waals surface area contributed by atoms with Gasteiger partial charge in [0.2, 0.25) is 44.9 Å². The molecule has 2 atom stereocenters. The number of anilines is 4. The fourth-order valence-corrected chi connectivity index (χ4v) is 9.43. The number of nitrogens with one attached hydrogen (secondary N) is 6. The Hall–Kier alpha value is -8.44. The summed E-state index contributed by atoms with van der Waals surface area (Å²) in [6.07, 6.45) is 3.12. The number of aliphatic carboxylic acids is 1. The van der Waals surface area contributed by atoms with Crippen LogP contribution in [0, 0.1) is 10.1 Å². The third-order valence-electron chi connectivity index (χ3n) is 10.8. The first-order valence-corrected chi connectivity index (χ1v) is 37.1. The minimum Gasteiger partial charge on any atom is -0.778 e. The van der Waals surface area contributed by atoms with E-state index in [1.165, 1.54) is 57.6 Å². The van der Waals surface area contributed by atoms with Crippen LogP contribution in [0.2, 0.25) is 10.3 Å². The number of fused-ring (bicyclic) bond motifs is 1. The van der Waals surface area contributed by atoms with Crippen molar-refractivity contribution in [3.05, 3.63) is 122 Å². The SMILES string of the molecule is CC1COc2ccccc2N1C(=O)C(Cl)Cl.CCNc1nc(Cl)nc(NC(C)C)n1.COc1cc(OC)nc(NC(=O)NS(=O)(=O)c2ncccc2C(=O)N(C)C)n1.CS(=O)(=O)NC(=O)c1cc(Oc2ccc(C(F)(F)F)cc2Cl)ccc1[N+](=O)[O-].C[S+](C)C.O=C(O)CNCP(=O)([O-])O. The van der Waals surface area contributed by atoms with Crippen molar-refractivity contribution in [3.8, 4) is 29.0 Å². The molecule has 34 nitrogen and oxygen atoms in total. The number of methoxy groups -OCH3 is 2. The van der Waals surface area contributed by atoms with Crippen molar-refractivity contribution in [1.29, 1.82) is 0 Å². The van der Waals surface area contributed by atoms with Gasteiger partial charge in [-0.1, -0.05) is 46.9 Å². The van der Waals surface area contributed by atoms with E-state index in [4.69, 9.17) is 75.4 Å². The molecule has 3 aromatic carbocycles. The van der Waals surface area contributed by atoms with Gasteiger partial charge in [0.15, 0.2) is 9.86 Å². The number of carbonyl (C=O) groups excluding carboxylic acids is 4. The fraction of sp³-hybridized carbons (Fsp3) is 0.364. The zero-order chi connectivity index (χ0) is 76.2. The number of hydrogen-bond acceptors (Lipinski definition) is 26. The van der Waals surface area contributed by atoms with Crippen LogP contribution in [0.3, 0.4) is 0 Å². The molecule has 0 saturated heterocycles. The van der Waals surface area contributed by atoms with Crippen LogP contribution >= 0.6 is 54.0 Å². The van der Waals surface area contributed by atoms with Crippen LogP contribution in [0.1, 0.15) is 54.0 Å². The highest BCUT2D eigenvalue weighted by Gasteiger charge is 2.34. The predicted molar refractivity (Wildman–Crippen MR) is 366 cm³/mol. The molecule has 3 aromatic heterocycles. The highest BCUT2D eigenvalue weighted by Crippen LogP contribution is 2.38. The summed E-state index contributed by atoms with van der Waals surface area (Å²) in [5, 5.41) is 28.4. The third-order valence-corrected chi connectivity index (χ3v) is 14.1. The van der Waals surface area contributed by atoms with Gasteiger partial charge in [-0.05, 0) is 98.7 Å². The summed E-state index contributed by atoms with van der Waals surface area (Å²) in [5.41, 5.74) is -1.81. The third kappa shape index (κ3) is 31.8. The second kappa shape index (κ2) is 40.7. The Balaban J connectivity index is 0.000000438. The Bertz CT molecular complexity index is 4060. The van der Waals surface area contributed by atoms with Gasteiger partial charge < -0.3 is 58.8 Å². The van der Waals surface area contributed by atoms with Gasteiger partial charge in [0.1, 0.15) is 37.0 Å². The van der Waals surface area contributed by atoms with E-state index in [0.717, 1.165) is 36.5 Å². The van der Waals surface area contributed by atoms with Gasteiger partial charge in [-0.2, -0.15) is 46.5 Å². The number of hydrogen-bond donors (Lipinski definition) is 8. The summed E-state index contributed by atoms with van der Waals surface area (Å²) in [4.78, 5) is 111. The summed E-state index contributed by atoms with van der Waals surface area (Å²) < 4.78 is 119. The molecule has 0 saturated carbocycles. The number of ether oxygens (including phenoxy) is 4. The molecule has 0 bridgehead atoms. The van der Waals surface area contributed by atoms with Crippen LogP contribution in [-0.2, 0) is 51.3 Å². The number of amides is 5. The highest BCUT2D eigenvalue weighted by atomic mass is 35.5. The maximum atomic E-state index is 12.7. The molecule has 5 amide bonds. The van der Waals surface area contributed by atoms with Gasteiger partial charge in [0.25, 0.3) is 33.4 Å². The topological polar surface area (TPSA) is 470 Å². The van der Waals surface area contributed by atoms with E-state index in [1.54, 1.807) is 14.3 Å².